The molecule has 0 fully saturated rings. The lowest BCUT2D eigenvalue weighted by Gasteiger charge is -2.05. The molecule has 96 valence electrons. The Morgan fingerprint density at radius 3 is 2.61 bits per heavy atom. The number of ether oxygens (including phenoxy) is 1. The summed E-state index contributed by atoms with van der Waals surface area (Å²) in [5.74, 6) is -0.504. The third kappa shape index (κ3) is 3.99. The van der Waals surface area contributed by atoms with Gasteiger partial charge in [0.1, 0.15) is 6.04 Å². The van der Waals surface area contributed by atoms with E-state index in [0.717, 1.165) is 5.56 Å². The van der Waals surface area contributed by atoms with E-state index in [-0.39, 0.29) is 12.3 Å². The number of non-ortho nitro benzene ring substituents is 1. The molecule has 6 heteroatoms. The van der Waals surface area contributed by atoms with Crippen molar-refractivity contribution in [1.82, 2.24) is 0 Å². The number of esters is 1. The lowest BCUT2D eigenvalue weighted by Crippen LogP contribution is -2.29. The molecule has 0 radical (unpaired) electrons. The summed E-state index contributed by atoms with van der Waals surface area (Å²) < 4.78 is 4.74. The van der Waals surface area contributed by atoms with Crippen LogP contribution in [0.15, 0.2) is 30.3 Å². The lowest BCUT2D eigenvalue weighted by molar-refractivity contribution is -0.384. The molecule has 18 heavy (non-hydrogen) atoms. The summed E-state index contributed by atoms with van der Waals surface area (Å²) in [6.07, 6.45) is 3.10. The maximum atomic E-state index is 11.2. The molecule has 0 saturated heterocycles. The van der Waals surface area contributed by atoms with Crippen molar-refractivity contribution in [3.8, 4) is 0 Å². The molecule has 1 aromatic carbocycles. The van der Waals surface area contributed by atoms with Gasteiger partial charge in [-0.05, 0) is 24.6 Å². The number of rotatable bonds is 5. The number of nitro benzene ring substituents is 1. The molecule has 0 aliphatic rings. The predicted molar refractivity (Wildman–Crippen MR) is 66.7 cm³/mol. The van der Waals surface area contributed by atoms with E-state index in [0.29, 0.717) is 0 Å². The molecule has 1 atom stereocenters. The molecule has 0 heterocycles. The molecule has 0 bridgehead atoms. The van der Waals surface area contributed by atoms with Gasteiger partial charge in [-0.1, -0.05) is 12.2 Å². The van der Waals surface area contributed by atoms with Crippen molar-refractivity contribution in [1.29, 1.82) is 0 Å². The van der Waals surface area contributed by atoms with Crippen molar-refractivity contribution >= 4 is 17.7 Å². The largest absolute Gasteiger partial charge is 0.465 e. The Hall–Kier alpha value is -2.21. The van der Waals surface area contributed by atoms with Crippen molar-refractivity contribution in [2.75, 3.05) is 6.61 Å². The van der Waals surface area contributed by atoms with E-state index < -0.39 is 16.9 Å². The fraction of sp³-hybridized carbons (Fsp3) is 0.250. The van der Waals surface area contributed by atoms with E-state index in [1.807, 2.05) is 0 Å². The van der Waals surface area contributed by atoms with Gasteiger partial charge in [0.25, 0.3) is 5.69 Å². The zero-order valence-corrected chi connectivity index (χ0v) is 9.91. The maximum Gasteiger partial charge on any atom is 0.326 e. The molecular weight excluding hydrogens is 236 g/mol. The Balaban J connectivity index is 2.67. The molecular formula is C12H14N2O4. The maximum absolute atomic E-state index is 11.2. The standard InChI is InChI=1S/C12H14N2O4/c1-2-18-12(15)11(13)8-5-9-3-6-10(7-4-9)14(16)17/h3-8,11H,2,13H2,1H3/b8-5+. The number of hydrogen-bond acceptors (Lipinski definition) is 5. The quantitative estimate of drug-likeness (QED) is 0.485. The van der Waals surface area contributed by atoms with Crippen LogP contribution in [0.25, 0.3) is 6.08 Å². The van der Waals surface area contributed by atoms with Crippen LogP contribution in [-0.2, 0) is 9.53 Å². The van der Waals surface area contributed by atoms with Crippen molar-refractivity contribution in [2.45, 2.75) is 13.0 Å². The summed E-state index contributed by atoms with van der Waals surface area (Å²) in [5, 5.41) is 10.4. The summed E-state index contributed by atoms with van der Waals surface area (Å²) in [7, 11) is 0. The molecule has 0 aliphatic heterocycles. The molecule has 2 N–H and O–H groups in total. The highest BCUT2D eigenvalue weighted by molar-refractivity contribution is 5.79. The number of hydrogen-bond donors (Lipinski definition) is 1. The second-order valence-electron chi connectivity index (χ2n) is 3.49. The highest BCUT2D eigenvalue weighted by Crippen LogP contribution is 2.12. The minimum atomic E-state index is -0.833. The van der Waals surface area contributed by atoms with E-state index in [9.17, 15) is 14.9 Å². The Morgan fingerprint density at radius 2 is 2.11 bits per heavy atom. The first-order valence-electron chi connectivity index (χ1n) is 5.39. The van der Waals surface area contributed by atoms with Gasteiger partial charge in [-0.25, -0.2) is 0 Å². The summed E-state index contributed by atoms with van der Waals surface area (Å²) in [4.78, 5) is 21.2. The molecule has 0 spiro atoms. The number of carbonyl (C=O) groups excluding carboxylic acids is 1. The van der Waals surface area contributed by atoms with Gasteiger partial charge in [0, 0.05) is 12.1 Å². The monoisotopic (exact) mass is 250 g/mol. The van der Waals surface area contributed by atoms with Crippen LogP contribution in [0.5, 0.6) is 0 Å². The van der Waals surface area contributed by atoms with Crippen molar-refractivity contribution < 1.29 is 14.5 Å². The van der Waals surface area contributed by atoms with Gasteiger partial charge in [0.15, 0.2) is 0 Å². The summed E-state index contributed by atoms with van der Waals surface area (Å²) in [5.41, 5.74) is 6.30. The van der Waals surface area contributed by atoms with Crippen LogP contribution in [0.3, 0.4) is 0 Å². The minimum Gasteiger partial charge on any atom is -0.465 e. The minimum absolute atomic E-state index is 0.0156. The summed E-state index contributed by atoms with van der Waals surface area (Å²) >= 11 is 0. The van der Waals surface area contributed by atoms with Gasteiger partial charge < -0.3 is 10.5 Å². The Kier molecular flexibility index (Phi) is 5.01. The number of benzene rings is 1. The van der Waals surface area contributed by atoms with E-state index in [1.165, 1.54) is 18.2 Å². The molecule has 0 amide bonds. The van der Waals surface area contributed by atoms with Crippen LogP contribution in [0, 0.1) is 10.1 Å². The van der Waals surface area contributed by atoms with Crippen molar-refractivity contribution in [3.63, 3.8) is 0 Å². The van der Waals surface area contributed by atoms with E-state index >= 15 is 0 Å². The molecule has 0 aliphatic carbocycles. The Labute approximate surface area is 104 Å². The van der Waals surface area contributed by atoms with E-state index in [2.05, 4.69) is 0 Å². The summed E-state index contributed by atoms with van der Waals surface area (Å²) in [6.45, 7) is 1.97. The zero-order chi connectivity index (χ0) is 13.5. The molecule has 1 unspecified atom stereocenters. The first kappa shape index (κ1) is 13.9. The van der Waals surface area contributed by atoms with Crippen LogP contribution >= 0.6 is 0 Å². The molecule has 1 rings (SSSR count). The Morgan fingerprint density at radius 1 is 1.50 bits per heavy atom. The molecule has 0 aromatic heterocycles. The topological polar surface area (TPSA) is 95.5 Å². The van der Waals surface area contributed by atoms with Crippen LogP contribution in [0.1, 0.15) is 12.5 Å². The highest BCUT2D eigenvalue weighted by Gasteiger charge is 2.10. The van der Waals surface area contributed by atoms with Crippen molar-refractivity contribution in [2.24, 2.45) is 5.73 Å². The van der Waals surface area contributed by atoms with Crippen LogP contribution in [-0.4, -0.2) is 23.5 Å². The van der Waals surface area contributed by atoms with Gasteiger partial charge in [0.2, 0.25) is 0 Å². The second-order valence-corrected chi connectivity index (χ2v) is 3.49. The first-order chi connectivity index (χ1) is 8.54. The normalized spacial score (nSPS) is 12.3. The first-order valence-corrected chi connectivity index (χ1v) is 5.39. The van der Waals surface area contributed by atoms with E-state index in [1.54, 1.807) is 25.1 Å². The van der Waals surface area contributed by atoms with Crippen LogP contribution in [0.2, 0.25) is 0 Å². The van der Waals surface area contributed by atoms with Gasteiger partial charge in [0.05, 0.1) is 11.5 Å². The highest BCUT2D eigenvalue weighted by atomic mass is 16.6. The molecule has 0 saturated carbocycles. The Bertz CT molecular complexity index is 454. The smallest absolute Gasteiger partial charge is 0.326 e. The fourth-order valence-corrected chi connectivity index (χ4v) is 1.24. The molecule has 6 nitrogen and oxygen atoms in total. The van der Waals surface area contributed by atoms with Crippen LogP contribution < -0.4 is 5.73 Å². The van der Waals surface area contributed by atoms with Gasteiger partial charge >= 0.3 is 5.97 Å². The zero-order valence-electron chi connectivity index (χ0n) is 9.91. The SMILES string of the molecule is CCOC(=O)C(N)/C=C/c1ccc([N+](=O)[O-])cc1. The number of nitrogens with zero attached hydrogens (tertiary/aromatic N) is 1. The average Bonchev–Trinajstić information content (AvgIpc) is 2.36. The number of carbonyl (C=O) groups is 1. The van der Waals surface area contributed by atoms with E-state index in [4.69, 9.17) is 10.5 Å². The lowest BCUT2D eigenvalue weighted by atomic mass is 10.1. The number of nitrogens with two attached hydrogens (primary N) is 1. The predicted octanol–water partition coefficient (Wildman–Crippen LogP) is 1.50. The van der Waals surface area contributed by atoms with Gasteiger partial charge in [-0.3, -0.25) is 14.9 Å². The van der Waals surface area contributed by atoms with Gasteiger partial charge in [-0.15, -0.1) is 0 Å². The third-order valence-electron chi connectivity index (χ3n) is 2.16. The second kappa shape index (κ2) is 6.51. The van der Waals surface area contributed by atoms with Crippen LogP contribution in [0.4, 0.5) is 5.69 Å². The average molecular weight is 250 g/mol. The fourth-order valence-electron chi connectivity index (χ4n) is 1.24. The number of nitro groups is 1. The van der Waals surface area contributed by atoms with Crippen molar-refractivity contribution in [3.05, 3.63) is 46.0 Å². The third-order valence-corrected chi connectivity index (χ3v) is 2.16. The summed E-state index contributed by atoms with van der Waals surface area (Å²) in [6, 6.07) is 5.09. The molecule has 1 aromatic rings. The van der Waals surface area contributed by atoms with Gasteiger partial charge in [-0.2, -0.15) is 0 Å².